The van der Waals surface area contributed by atoms with Gasteiger partial charge in [-0.3, -0.25) is 9.10 Å². The van der Waals surface area contributed by atoms with Crippen LogP contribution < -0.4 is 9.21 Å². The Morgan fingerprint density at radius 2 is 1.52 bits per heavy atom. The largest absolute Gasteiger partial charge is 0.311 e. The third-order valence-corrected chi connectivity index (χ3v) is 6.62. The van der Waals surface area contributed by atoms with E-state index < -0.39 is 10.0 Å². The van der Waals surface area contributed by atoms with E-state index in [1.54, 1.807) is 43.4 Å². The van der Waals surface area contributed by atoms with E-state index in [1.807, 2.05) is 31.2 Å². The van der Waals surface area contributed by atoms with Gasteiger partial charge in [-0.1, -0.05) is 35.9 Å². The number of rotatable bonds is 5. The maximum atomic E-state index is 13.1. The third kappa shape index (κ3) is 4.44. The van der Waals surface area contributed by atoms with E-state index in [-0.39, 0.29) is 16.4 Å². The number of hydrogen-bond acceptors (Lipinski definition) is 3. The minimum Gasteiger partial charge on any atom is -0.311 e. The number of amides is 1. The van der Waals surface area contributed by atoms with E-state index in [0.717, 1.165) is 15.6 Å². The molecule has 29 heavy (non-hydrogen) atoms. The quantitative estimate of drug-likeness (QED) is 0.589. The number of carbonyl (C=O) groups excluding carboxylic acids is 1. The molecule has 0 heterocycles. The summed E-state index contributed by atoms with van der Waals surface area (Å²) in [7, 11) is -0.742. The third-order valence-electron chi connectivity index (χ3n) is 4.60. The van der Waals surface area contributed by atoms with Gasteiger partial charge in [0.25, 0.3) is 15.9 Å². The molecule has 0 unspecified atom stereocenters. The van der Waals surface area contributed by atoms with Crippen LogP contribution in [0.5, 0.6) is 0 Å². The summed E-state index contributed by atoms with van der Waals surface area (Å²) in [5.41, 5.74) is 2.49. The van der Waals surface area contributed by atoms with Crippen molar-refractivity contribution in [2.75, 3.05) is 23.3 Å². The average molecular weight is 429 g/mol. The molecule has 0 aliphatic rings. The molecule has 0 saturated heterocycles. The fourth-order valence-corrected chi connectivity index (χ4v) is 4.32. The van der Waals surface area contributed by atoms with Gasteiger partial charge in [0.1, 0.15) is 0 Å². The number of sulfonamides is 1. The number of halogens is 1. The van der Waals surface area contributed by atoms with E-state index >= 15 is 0 Å². The standard InChI is InChI=1S/C22H21ClN2O3S/c1-16-7-4-10-19(13-16)24(2)22(26)17-8-5-12-21(14-17)29(27,28)25(3)20-11-6-9-18(23)15-20/h4-15H,1-3H3. The summed E-state index contributed by atoms with van der Waals surface area (Å²) in [6.07, 6.45) is 0. The van der Waals surface area contributed by atoms with Crippen LogP contribution in [-0.2, 0) is 10.0 Å². The first kappa shape index (κ1) is 20.9. The van der Waals surface area contributed by atoms with Gasteiger partial charge in [0.15, 0.2) is 0 Å². The summed E-state index contributed by atoms with van der Waals surface area (Å²) >= 11 is 5.98. The van der Waals surface area contributed by atoms with Crippen molar-refractivity contribution in [1.29, 1.82) is 0 Å². The lowest BCUT2D eigenvalue weighted by Crippen LogP contribution is -2.28. The lowest BCUT2D eigenvalue weighted by molar-refractivity contribution is 0.0993. The van der Waals surface area contributed by atoms with Crippen LogP contribution in [0.4, 0.5) is 11.4 Å². The van der Waals surface area contributed by atoms with E-state index in [1.165, 1.54) is 24.1 Å². The Labute approximate surface area is 176 Å². The smallest absolute Gasteiger partial charge is 0.264 e. The Morgan fingerprint density at radius 1 is 0.862 bits per heavy atom. The summed E-state index contributed by atoms with van der Waals surface area (Å²) in [4.78, 5) is 14.5. The molecule has 3 aromatic rings. The van der Waals surface area contributed by atoms with Crippen molar-refractivity contribution in [2.24, 2.45) is 0 Å². The minimum absolute atomic E-state index is 0.0310. The molecule has 0 atom stereocenters. The van der Waals surface area contributed by atoms with Crippen LogP contribution in [0.3, 0.4) is 0 Å². The summed E-state index contributed by atoms with van der Waals surface area (Å²) in [5.74, 6) is -0.293. The first-order valence-electron chi connectivity index (χ1n) is 8.89. The van der Waals surface area contributed by atoms with Gasteiger partial charge >= 0.3 is 0 Å². The number of aryl methyl sites for hydroxylation is 1. The molecule has 0 bridgehead atoms. The lowest BCUT2D eigenvalue weighted by atomic mass is 10.1. The van der Waals surface area contributed by atoms with Gasteiger partial charge in [0.2, 0.25) is 0 Å². The van der Waals surface area contributed by atoms with Crippen LogP contribution in [0.1, 0.15) is 15.9 Å². The summed E-state index contributed by atoms with van der Waals surface area (Å²) < 4.78 is 27.3. The molecule has 3 rings (SSSR count). The second-order valence-electron chi connectivity index (χ2n) is 6.68. The molecule has 0 spiro atoms. The van der Waals surface area contributed by atoms with Crippen LogP contribution in [0, 0.1) is 6.92 Å². The Kier molecular flexibility index (Phi) is 5.96. The maximum Gasteiger partial charge on any atom is 0.264 e. The van der Waals surface area contributed by atoms with Crippen molar-refractivity contribution in [3.63, 3.8) is 0 Å². The lowest BCUT2D eigenvalue weighted by Gasteiger charge is -2.21. The molecule has 5 nitrogen and oxygen atoms in total. The van der Waals surface area contributed by atoms with Crippen molar-refractivity contribution in [3.05, 3.63) is 88.9 Å². The minimum atomic E-state index is -3.86. The number of nitrogens with zero attached hydrogens (tertiary/aromatic N) is 2. The molecule has 0 aliphatic heterocycles. The number of hydrogen-bond donors (Lipinski definition) is 0. The first-order chi connectivity index (χ1) is 13.7. The Hall–Kier alpha value is -2.83. The van der Waals surface area contributed by atoms with Gasteiger partial charge in [-0.25, -0.2) is 8.42 Å². The monoisotopic (exact) mass is 428 g/mol. The Morgan fingerprint density at radius 3 is 2.21 bits per heavy atom. The number of carbonyl (C=O) groups is 1. The van der Waals surface area contributed by atoms with Crippen LogP contribution in [0.2, 0.25) is 5.02 Å². The highest BCUT2D eigenvalue weighted by molar-refractivity contribution is 7.92. The second-order valence-corrected chi connectivity index (χ2v) is 9.09. The molecule has 7 heteroatoms. The van der Waals surface area contributed by atoms with Crippen LogP contribution in [0.25, 0.3) is 0 Å². The normalized spacial score (nSPS) is 11.2. The zero-order valence-corrected chi connectivity index (χ0v) is 17.9. The molecule has 0 fully saturated rings. The summed E-state index contributed by atoms with van der Waals surface area (Å²) in [6.45, 7) is 1.95. The van der Waals surface area contributed by atoms with Crippen molar-refractivity contribution < 1.29 is 13.2 Å². The molecular weight excluding hydrogens is 408 g/mol. The zero-order chi connectivity index (χ0) is 21.2. The van der Waals surface area contributed by atoms with E-state index in [0.29, 0.717) is 10.7 Å². The predicted molar refractivity (Wildman–Crippen MR) is 117 cm³/mol. The number of anilines is 2. The molecule has 3 aromatic carbocycles. The Balaban J connectivity index is 1.93. The van der Waals surface area contributed by atoms with Crippen molar-refractivity contribution in [1.82, 2.24) is 0 Å². The van der Waals surface area contributed by atoms with Gasteiger partial charge in [-0.05, 0) is 61.0 Å². The summed E-state index contributed by atoms with van der Waals surface area (Å²) in [5, 5.41) is 0.438. The van der Waals surface area contributed by atoms with Crippen molar-refractivity contribution >= 4 is 38.9 Å². The topological polar surface area (TPSA) is 57.7 Å². The van der Waals surface area contributed by atoms with Crippen LogP contribution in [0.15, 0.2) is 77.7 Å². The molecule has 1 amide bonds. The van der Waals surface area contributed by atoms with E-state index in [9.17, 15) is 13.2 Å². The SMILES string of the molecule is Cc1cccc(N(C)C(=O)c2cccc(S(=O)(=O)N(C)c3cccc(Cl)c3)c2)c1. The van der Waals surface area contributed by atoms with Crippen LogP contribution in [-0.4, -0.2) is 28.4 Å². The highest BCUT2D eigenvalue weighted by Crippen LogP contribution is 2.25. The highest BCUT2D eigenvalue weighted by Gasteiger charge is 2.23. The van der Waals surface area contributed by atoms with Gasteiger partial charge in [-0.2, -0.15) is 0 Å². The predicted octanol–water partition coefficient (Wildman–Crippen LogP) is 4.75. The summed E-state index contributed by atoms with van der Waals surface area (Å²) in [6, 6.07) is 20.2. The first-order valence-corrected chi connectivity index (χ1v) is 10.7. The van der Waals surface area contributed by atoms with Crippen molar-refractivity contribution in [3.8, 4) is 0 Å². The molecule has 0 N–H and O–H groups in total. The molecule has 0 radical (unpaired) electrons. The fourth-order valence-electron chi connectivity index (χ4n) is 2.91. The van der Waals surface area contributed by atoms with E-state index in [4.69, 9.17) is 11.6 Å². The van der Waals surface area contributed by atoms with Crippen LogP contribution >= 0.6 is 11.6 Å². The second kappa shape index (κ2) is 8.27. The molecule has 0 aromatic heterocycles. The molecular formula is C22H21ClN2O3S. The highest BCUT2D eigenvalue weighted by atomic mass is 35.5. The zero-order valence-electron chi connectivity index (χ0n) is 16.3. The van der Waals surface area contributed by atoms with Gasteiger partial charge in [0.05, 0.1) is 10.6 Å². The van der Waals surface area contributed by atoms with E-state index in [2.05, 4.69) is 0 Å². The Bertz CT molecular complexity index is 1160. The number of benzene rings is 3. The van der Waals surface area contributed by atoms with Gasteiger partial charge in [-0.15, -0.1) is 0 Å². The maximum absolute atomic E-state index is 13.1. The average Bonchev–Trinajstić information content (AvgIpc) is 2.72. The fraction of sp³-hybridized carbons (Fsp3) is 0.136. The molecule has 0 aliphatic carbocycles. The van der Waals surface area contributed by atoms with Crippen molar-refractivity contribution in [2.45, 2.75) is 11.8 Å². The van der Waals surface area contributed by atoms with Gasteiger partial charge < -0.3 is 4.90 Å². The van der Waals surface area contributed by atoms with Gasteiger partial charge in [0, 0.05) is 30.4 Å². The molecule has 0 saturated carbocycles. The molecule has 150 valence electrons.